The van der Waals surface area contributed by atoms with Gasteiger partial charge in [0.25, 0.3) is 0 Å². The zero-order chi connectivity index (χ0) is 13.7. The number of aliphatic hydroxyl groups is 1. The van der Waals surface area contributed by atoms with Crippen LogP contribution in [0.5, 0.6) is 0 Å². The predicted molar refractivity (Wildman–Crippen MR) is 78.0 cm³/mol. The maximum atomic E-state index is 10.1. The van der Waals surface area contributed by atoms with Crippen molar-refractivity contribution in [1.29, 1.82) is 0 Å². The molecule has 0 amide bonds. The molecule has 0 radical (unpaired) electrons. The quantitative estimate of drug-likeness (QED) is 0.866. The van der Waals surface area contributed by atoms with E-state index in [2.05, 4.69) is 13.8 Å². The van der Waals surface area contributed by atoms with E-state index in [0.717, 1.165) is 18.4 Å². The summed E-state index contributed by atoms with van der Waals surface area (Å²) in [6.45, 7) is 5.33. The second-order valence-corrected chi connectivity index (χ2v) is 6.45. The van der Waals surface area contributed by atoms with Gasteiger partial charge in [-0.3, -0.25) is 0 Å². The van der Waals surface area contributed by atoms with Gasteiger partial charge >= 0.3 is 0 Å². The van der Waals surface area contributed by atoms with Gasteiger partial charge in [-0.2, -0.15) is 0 Å². The van der Waals surface area contributed by atoms with Crippen LogP contribution in [0.1, 0.15) is 57.6 Å². The molecule has 1 saturated carbocycles. The molecule has 1 N–H and O–H groups in total. The highest BCUT2D eigenvalue weighted by Crippen LogP contribution is 2.36. The Kier molecular flexibility index (Phi) is 5.00. The average molecular weight is 262 g/mol. The molecule has 0 aromatic heterocycles. The van der Waals surface area contributed by atoms with Crippen LogP contribution in [-0.4, -0.2) is 17.8 Å². The van der Waals surface area contributed by atoms with Crippen LogP contribution < -0.4 is 0 Å². The summed E-state index contributed by atoms with van der Waals surface area (Å²) in [6.07, 6.45) is 5.50. The predicted octanol–water partition coefficient (Wildman–Crippen LogP) is 4.10. The lowest BCUT2D eigenvalue weighted by molar-refractivity contribution is -0.00984. The second kappa shape index (κ2) is 6.53. The van der Waals surface area contributed by atoms with Crippen LogP contribution in [0.3, 0.4) is 0 Å². The Labute approximate surface area is 116 Å². The SMILES string of the molecule is CC1(C)CCC(OCCC(O)c2ccccc2)CC1. The van der Waals surface area contributed by atoms with Crippen molar-refractivity contribution in [2.24, 2.45) is 5.41 Å². The smallest absolute Gasteiger partial charge is 0.0812 e. The highest BCUT2D eigenvalue weighted by Gasteiger charge is 2.27. The Balaban J connectivity index is 1.67. The van der Waals surface area contributed by atoms with E-state index in [-0.39, 0.29) is 0 Å². The van der Waals surface area contributed by atoms with Gasteiger partial charge in [0, 0.05) is 13.0 Å². The van der Waals surface area contributed by atoms with Crippen LogP contribution in [0.25, 0.3) is 0 Å². The summed E-state index contributed by atoms with van der Waals surface area (Å²) in [7, 11) is 0. The lowest BCUT2D eigenvalue weighted by atomic mass is 9.76. The molecule has 1 aliphatic rings. The number of aliphatic hydroxyl groups excluding tert-OH is 1. The van der Waals surface area contributed by atoms with Crippen LogP contribution >= 0.6 is 0 Å². The van der Waals surface area contributed by atoms with Crippen molar-refractivity contribution >= 4 is 0 Å². The van der Waals surface area contributed by atoms with E-state index >= 15 is 0 Å². The number of rotatable bonds is 5. The first kappa shape index (κ1) is 14.5. The molecule has 0 spiro atoms. The van der Waals surface area contributed by atoms with E-state index in [1.54, 1.807) is 0 Å². The van der Waals surface area contributed by atoms with Crippen molar-refractivity contribution in [1.82, 2.24) is 0 Å². The Morgan fingerprint density at radius 3 is 2.47 bits per heavy atom. The summed E-state index contributed by atoms with van der Waals surface area (Å²) >= 11 is 0. The lowest BCUT2D eigenvalue weighted by Gasteiger charge is -2.34. The summed E-state index contributed by atoms with van der Waals surface area (Å²) < 4.78 is 5.91. The van der Waals surface area contributed by atoms with E-state index in [1.807, 2.05) is 30.3 Å². The number of ether oxygens (including phenoxy) is 1. The average Bonchev–Trinajstić information content (AvgIpc) is 2.41. The van der Waals surface area contributed by atoms with Crippen molar-refractivity contribution in [3.63, 3.8) is 0 Å². The number of benzene rings is 1. The van der Waals surface area contributed by atoms with Gasteiger partial charge in [-0.25, -0.2) is 0 Å². The molecule has 0 bridgehead atoms. The third kappa shape index (κ3) is 4.63. The van der Waals surface area contributed by atoms with E-state index in [0.29, 0.717) is 24.5 Å². The van der Waals surface area contributed by atoms with Gasteiger partial charge < -0.3 is 9.84 Å². The molecule has 2 heteroatoms. The molecule has 1 aliphatic carbocycles. The molecule has 0 saturated heterocycles. The molecule has 1 fully saturated rings. The molecule has 1 unspecified atom stereocenters. The van der Waals surface area contributed by atoms with Gasteiger partial charge in [0.15, 0.2) is 0 Å². The zero-order valence-corrected chi connectivity index (χ0v) is 12.1. The van der Waals surface area contributed by atoms with Crippen molar-refractivity contribution < 1.29 is 9.84 Å². The second-order valence-electron chi connectivity index (χ2n) is 6.45. The fourth-order valence-corrected chi connectivity index (χ4v) is 2.73. The van der Waals surface area contributed by atoms with Crippen molar-refractivity contribution in [2.75, 3.05) is 6.61 Å². The normalized spacial score (nSPS) is 21.2. The van der Waals surface area contributed by atoms with E-state index in [4.69, 9.17) is 4.74 Å². The summed E-state index contributed by atoms with van der Waals surface area (Å²) in [5.41, 5.74) is 1.47. The molecule has 19 heavy (non-hydrogen) atoms. The maximum Gasteiger partial charge on any atom is 0.0812 e. The molecule has 2 nitrogen and oxygen atoms in total. The van der Waals surface area contributed by atoms with Gasteiger partial charge in [0.2, 0.25) is 0 Å². The van der Waals surface area contributed by atoms with Gasteiger partial charge in [-0.05, 0) is 36.7 Å². The molecule has 0 heterocycles. The first-order valence-corrected chi connectivity index (χ1v) is 7.41. The summed E-state index contributed by atoms with van der Waals surface area (Å²) in [5.74, 6) is 0. The molecule has 0 aliphatic heterocycles. The topological polar surface area (TPSA) is 29.5 Å². The van der Waals surface area contributed by atoms with Gasteiger partial charge in [0.1, 0.15) is 0 Å². The fraction of sp³-hybridized carbons (Fsp3) is 0.647. The third-order valence-corrected chi connectivity index (χ3v) is 4.22. The molecule has 1 aromatic rings. The minimum atomic E-state index is -0.402. The van der Waals surface area contributed by atoms with Crippen LogP contribution in [0, 0.1) is 5.41 Å². The number of hydrogen-bond acceptors (Lipinski definition) is 2. The molecule has 1 aromatic carbocycles. The molecule has 2 rings (SSSR count). The highest BCUT2D eigenvalue weighted by atomic mass is 16.5. The minimum Gasteiger partial charge on any atom is -0.388 e. The summed E-state index contributed by atoms with van der Waals surface area (Å²) in [6, 6.07) is 9.82. The van der Waals surface area contributed by atoms with Crippen molar-refractivity contribution in [3.05, 3.63) is 35.9 Å². The largest absolute Gasteiger partial charge is 0.388 e. The van der Waals surface area contributed by atoms with Crippen LogP contribution in [0.15, 0.2) is 30.3 Å². The van der Waals surface area contributed by atoms with Crippen LogP contribution in [0.2, 0.25) is 0 Å². The first-order valence-electron chi connectivity index (χ1n) is 7.41. The third-order valence-electron chi connectivity index (χ3n) is 4.22. The van der Waals surface area contributed by atoms with Crippen molar-refractivity contribution in [3.8, 4) is 0 Å². The first-order chi connectivity index (χ1) is 9.07. The Morgan fingerprint density at radius 1 is 1.21 bits per heavy atom. The number of hydrogen-bond donors (Lipinski definition) is 1. The van der Waals surface area contributed by atoms with Crippen molar-refractivity contribution in [2.45, 2.75) is 58.2 Å². The Morgan fingerprint density at radius 2 is 1.84 bits per heavy atom. The van der Waals surface area contributed by atoms with Crippen LogP contribution in [-0.2, 0) is 4.74 Å². The molecule has 106 valence electrons. The monoisotopic (exact) mass is 262 g/mol. The van der Waals surface area contributed by atoms with Gasteiger partial charge in [-0.15, -0.1) is 0 Å². The Hall–Kier alpha value is -0.860. The lowest BCUT2D eigenvalue weighted by Crippen LogP contribution is -2.27. The van der Waals surface area contributed by atoms with E-state index in [9.17, 15) is 5.11 Å². The van der Waals surface area contributed by atoms with E-state index in [1.165, 1.54) is 12.8 Å². The zero-order valence-electron chi connectivity index (χ0n) is 12.1. The molecule has 1 atom stereocenters. The molecular weight excluding hydrogens is 236 g/mol. The van der Waals surface area contributed by atoms with Gasteiger partial charge in [-0.1, -0.05) is 44.2 Å². The van der Waals surface area contributed by atoms with E-state index < -0.39 is 6.10 Å². The maximum absolute atomic E-state index is 10.1. The standard InChI is InChI=1S/C17H26O2/c1-17(2)11-8-15(9-12-17)19-13-10-16(18)14-6-4-3-5-7-14/h3-7,15-16,18H,8-13H2,1-2H3. The highest BCUT2D eigenvalue weighted by molar-refractivity contribution is 5.17. The Bertz CT molecular complexity index is 362. The summed E-state index contributed by atoms with van der Waals surface area (Å²) in [5, 5.41) is 10.1. The van der Waals surface area contributed by atoms with Gasteiger partial charge in [0.05, 0.1) is 12.2 Å². The fourth-order valence-electron chi connectivity index (χ4n) is 2.73. The summed E-state index contributed by atoms with van der Waals surface area (Å²) in [4.78, 5) is 0. The van der Waals surface area contributed by atoms with Crippen LogP contribution in [0.4, 0.5) is 0 Å². The minimum absolute atomic E-state index is 0.399. The molecular formula is C17H26O2.